The molecule has 1 saturated heterocycles. The number of carbonyl (C=O) groups is 1. The number of likely N-dealkylation sites (tertiary alicyclic amines) is 1. The van der Waals surface area contributed by atoms with E-state index < -0.39 is 0 Å². The highest BCUT2D eigenvalue weighted by atomic mass is 32.1. The third kappa shape index (κ3) is 3.49. The van der Waals surface area contributed by atoms with Gasteiger partial charge in [0.1, 0.15) is 4.88 Å². The van der Waals surface area contributed by atoms with Crippen LogP contribution in [0.1, 0.15) is 47.5 Å². The Morgan fingerprint density at radius 3 is 3.00 bits per heavy atom. The van der Waals surface area contributed by atoms with Crippen LogP contribution >= 0.6 is 11.3 Å². The number of nitrogens with zero attached hydrogens (tertiary/aromatic N) is 2. The van der Waals surface area contributed by atoms with E-state index in [9.17, 15) is 4.79 Å². The first-order valence-electron chi connectivity index (χ1n) is 7.16. The van der Waals surface area contributed by atoms with Crippen LogP contribution in [-0.4, -0.2) is 42.1 Å². The zero-order valence-electron chi connectivity index (χ0n) is 12.2. The highest BCUT2D eigenvalue weighted by molar-refractivity contribution is 7.17. The SMILES string of the molecule is COCCC[C@@H]1CCCCN1C(=O)c1sc(N)nc1C. The van der Waals surface area contributed by atoms with Crippen LogP contribution in [0.5, 0.6) is 0 Å². The fraction of sp³-hybridized carbons (Fsp3) is 0.714. The molecular weight excluding hydrogens is 274 g/mol. The van der Waals surface area contributed by atoms with Crippen LogP contribution in [0.4, 0.5) is 5.13 Å². The van der Waals surface area contributed by atoms with E-state index in [0.717, 1.165) is 44.5 Å². The minimum Gasteiger partial charge on any atom is -0.385 e. The van der Waals surface area contributed by atoms with Gasteiger partial charge in [0.15, 0.2) is 5.13 Å². The topological polar surface area (TPSA) is 68.5 Å². The van der Waals surface area contributed by atoms with E-state index in [2.05, 4.69) is 4.98 Å². The number of ether oxygens (including phenoxy) is 1. The van der Waals surface area contributed by atoms with Crippen molar-refractivity contribution in [3.8, 4) is 0 Å². The van der Waals surface area contributed by atoms with Crippen molar-refractivity contribution in [1.82, 2.24) is 9.88 Å². The quantitative estimate of drug-likeness (QED) is 0.848. The van der Waals surface area contributed by atoms with Gasteiger partial charge in [-0.3, -0.25) is 4.79 Å². The molecule has 1 aromatic heterocycles. The Morgan fingerprint density at radius 2 is 2.35 bits per heavy atom. The lowest BCUT2D eigenvalue weighted by atomic mass is 9.97. The Hall–Kier alpha value is -1.14. The molecule has 0 unspecified atom stereocenters. The molecule has 2 heterocycles. The van der Waals surface area contributed by atoms with Crippen molar-refractivity contribution in [3.63, 3.8) is 0 Å². The number of thiazole rings is 1. The third-order valence-electron chi connectivity index (χ3n) is 3.78. The first-order valence-corrected chi connectivity index (χ1v) is 7.98. The molecule has 1 aromatic rings. The molecule has 0 aliphatic carbocycles. The Labute approximate surface area is 124 Å². The molecule has 5 nitrogen and oxygen atoms in total. The molecule has 0 saturated carbocycles. The predicted octanol–water partition coefficient (Wildman–Crippen LogP) is 2.46. The normalized spacial score (nSPS) is 19.3. The molecule has 1 fully saturated rings. The smallest absolute Gasteiger partial charge is 0.266 e. The molecule has 0 spiro atoms. The molecule has 1 aliphatic rings. The van der Waals surface area contributed by atoms with Crippen molar-refractivity contribution in [2.45, 2.75) is 45.1 Å². The summed E-state index contributed by atoms with van der Waals surface area (Å²) in [4.78, 5) is 19.6. The fourth-order valence-corrected chi connectivity index (χ4v) is 3.57. The zero-order chi connectivity index (χ0) is 14.5. The lowest BCUT2D eigenvalue weighted by molar-refractivity contribution is 0.0589. The molecule has 0 radical (unpaired) electrons. The number of anilines is 1. The van der Waals surface area contributed by atoms with Crippen LogP contribution < -0.4 is 5.73 Å². The van der Waals surface area contributed by atoms with Crippen molar-refractivity contribution in [2.24, 2.45) is 0 Å². The lowest BCUT2D eigenvalue weighted by Crippen LogP contribution is -2.43. The van der Waals surface area contributed by atoms with Gasteiger partial charge in [-0.05, 0) is 39.0 Å². The zero-order valence-corrected chi connectivity index (χ0v) is 13.0. The van der Waals surface area contributed by atoms with E-state index in [1.165, 1.54) is 17.8 Å². The second-order valence-electron chi connectivity index (χ2n) is 5.25. The maximum Gasteiger partial charge on any atom is 0.266 e. The summed E-state index contributed by atoms with van der Waals surface area (Å²) in [5, 5.41) is 0.471. The second-order valence-corrected chi connectivity index (χ2v) is 6.28. The molecule has 0 aromatic carbocycles. The van der Waals surface area contributed by atoms with Crippen LogP contribution in [-0.2, 0) is 4.74 Å². The summed E-state index contributed by atoms with van der Waals surface area (Å²) in [6.45, 7) is 3.45. The van der Waals surface area contributed by atoms with Gasteiger partial charge in [-0.1, -0.05) is 11.3 Å². The summed E-state index contributed by atoms with van der Waals surface area (Å²) < 4.78 is 5.11. The van der Waals surface area contributed by atoms with Crippen molar-refractivity contribution < 1.29 is 9.53 Å². The average molecular weight is 297 g/mol. The van der Waals surface area contributed by atoms with E-state index >= 15 is 0 Å². The summed E-state index contributed by atoms with van der Waals surface area (Å²) in [6.07, 6.45) is 5.37. The Kier molecular flexibility index (Phi) is 5.37. The predicted molar refractivity (Wildman–Crippen MR) is 81.0 cm³/mol. The number of piperidine rings is 1. The van der Waals surface area contributed by atoms with Gasteiger partial charge in [-0.15, -0.1) is 0 Å². The minimum atomic E-state index is 0.0961. The van der Waals surface area contributed by atoms with Crippen molar-refractivity contribution >= 4 is 22.4 Å². The lowest BCUT2D eigenvalue weighted by Gasteiger charge is -2.35. The van der Waals surface area contributed by atoms with Crippen LogP contribution in [0.25, 0.3) is 0 Å². The number of rotatable bonds is 5. The summed E-state index contributed by atoms with van der Waals surface area (Å²) in [5.74, 6) is 0.0961. The maximum atomic E-state index is 12.7. The van der Waals surface area contributed by atoms with Gasteiger partial charge in [-0.2, -0.15) is 0 Å². The van der Waals surface area contributed by atoms with Crippen LogP contribution in [0, 0.1) is 6.92 Å². The molecular formula is C14H23N3O2S. The molecule has 0 bridgehead atoms. The average Bonchev–Trinajstić information content (AvgIpc) is 2.78. The number of methoxy groups -OCH3 is 1. The molecule has 2 rings (SSSR count). The standard InChI is InChI=1S/C14H23N3O2S/c1-10-12(20-14(15)16-10)13(18)17-8-4-3-6-11(17)7-5-9-19-2/h11H,3-9H2,1-2H3,(H2,15,16)/t11-/m0/s1. The first kappa shape index (κ1) is 15.3. The molecule has 1 atom stereocenters. The van der Waals surface area contributed by atoms with Gasteiger partial charge in [0.05, 0.1) is 5.69 Å². The Bertz CT molecular complexity index is 461. The van der Waals surface area contributed by atoms with Gasteiger partial charge in [0.25, 0.3) is 5.91 Å². The van der Waals surface area contributed by atoms with E-state index in [1.54, 1.807) is 7.11 Å². The molecule has 20 heavy (non-hydrogen) atoms. The number of nitrogen functional groups attached to an aromatic ring is 1. The largest absolute Gasteiger partial charge is 0.385 e. The summed E-state index contributed by atoms with van der Waals surface area (Å²) >= 11 is 1.30. The molecule has 6 heteroatoms. The highest BCUT2D eigenvalue weighted by Crippen LogP contribution is 2.27. The molecule has 112 valence electrons. The van der Waals surface area contributed by atoms with Gasteiger partial charge in [0.2, 0.25) is 0 Å². The van der Waals surface area contributed by atoms with E-state index in [4.69, 9.17) is 10.5 Å². The third-order valence-corrected chi connectivity index (χ3v) is 4.76. The number of hydrogen-bond donors (Lipinski definition) is 1. The number of nitrogens with two attached hydrogens (primary N) is 1. The maximum absolute atomic E-state index is 12.7. The van der Waals surface area contributed by atoms with Crippen molar-refractivity contribution in [2.75, 3.05) is 26.0 Å². The van der Waals surface area contributed by atoms with E-state index in [-0.39, 0.29) is 5.91 Å². The highest BCUT2D eigenvalue weighted by Gasteiger charge is 2.29. The fourth-order valence-electron chi connectivity index (χ4n) is 2.78. The number of aromatic nitrogens is 1. The minimum absolute atomic E-state index is 0.0961. The van der Waals surface area contributed by atoms with Crippen LogP contribution in [0.3, 0.4) is 0 Å². The van der Waals surface area contributed by atoms with E-state index in [1.807, 2.05) is 11.8 Å². The number of amides is 1. The first-order chi connectivity index (χ1) is 9.63. The van der Waals surface area contributed by atoms with Crippen molar-refractivity contribution in [3.05, 3.63) is 10.6 Å². The number of aryl methyl sites for hydroxylation is 1. The molecule has 1 aliphatic heterocycles. The second kappa shape index (κ2) is 7.04. The molecule has 1 amide bonds. The van der Waals surface area contributed by atoms with Gasteiger partial charge in [-0.25, -0.2) is 4.98 Å². The summed E-state index contributed by atoms with van der Waals surface area (Å²) in [5.41, 5.74) is 6.45. The van der Waals surface area contributed by atoms with E-state index in [0.29, 0.717) is 16.1 Å². The van der Waals surface area contributed by atoms with Crippen LogP contribution in [0.2, 0.25) is 0 Å². The van der Waals surface area contributed by atoms with Gasteiger partial charge >= 0.3 is 0 Å². The van der Waals surface area contributed by atoms with Gasteiger partial charge in [0, 0.05) is 26.3 Å². The molecule has 2 N–H and O–H groups in total. The monoisotopic (exact) mass is 297 g/mol. The summed E-state index contributed by atoms with van der Waals surface area (Å²) in [7, 11) is 1.72. The van der Waals surface area contributed by atoms with Crippen LogP contribution in [0.15, 0.2) is 0 Å². The van der Waals surface area contributed by atoms with Gasteiger partial charge < -0.3 is 15.4 Å². The Balaban J connectivity index is 2.07. The number of carbonyl (C=O) groups excluding carboxylic acids is 1. The Morgan fingerprint density at radius 1 is 1.55 bits per heavy atom. The van der Waals surface area contributed by atoms with Crippen molar-refractivity contribution in [1.29, 1.82) is 0 Å². The summed E-state index contributed by atoms with van der Waals surface area (Å²) in [6, 6.07) is 0.328. The number of hydrogen-bond acceptors (Lipinski definition) is 5.